The van der Waals surface area contributed by atoms with Gasteiger partial charge in [-0.15, -0.1) is 15.3 Å². The van der Waals surface area contributed by atoms with Gasteiger partial charge in [0.1, 0.15) is 0 Å². The fourth-order valence-corrected chi connectivity index (χ4v) is 3.29. The van der Waals surface area contributed by atoms with Crippen LogP contribution in [0.3, 0.4) is 0 Å². The number of halogens is 2. The van der Waals surface area contributed by atoms with Crippen LogP contribution in [0.15, 0.2) is 42.5 Å². The predicted molar refractivity (Wildman–Crippen MR) is 94.3 cm³/mol. The second-order valence-electron chi connectivity index (χ2n) is 5.29. The molecule has 25 heavy (non-hydrogen) atoms. The summed E-state index contributed by atoms with van der Waals surface area (Å²) in [6, 6.07) is 11.6. The number of anilines is 2. The van der Waals surface area contributed by atoms with Crippen molar-refractivity contribution >= 4 is 38.7 Å². The number of phenolic OH excluding ortho intramolecular Hbond substituents is 1. The Morgan fingerprint density at radius 1 is 1.20 bits per heavy atom. The Morgan fingerprint density at radius 2 is 2.04 bits per heavy atom. The molecule has 2 heterocycles. The topological polar surface area (TPSA) is 75.3 Å². The van der Waals surface area contributed by atoms with Gasteiger partial charge in [0.25, 0.3) is 0 Å². The second kappa shape index (κ2) is 6.30. The molecule has 0 amide bonds. The summed E-state index contributed by atoms with van der Waals surface area (Å²) in [5.74, 6) is -0.476. The Bertz CT molecular complexity index is 1060. The van der Waals surface area contributed by atoms with Gasteiger partial charge in [-0.1, -0.05) is 41.1 Å². The number of hydrogen-bond donors (Lipinski definition) is 2. The summed E-state index contributed by atoms with van der Waals surface area (Å²) in [5, 5.41) is 26.3. The van der Waals surface area contributed by atoms with Gasteiger partial charge in [-0.2, -0.15) is 4.52 Å². The Kier molecular flexibility index (Phi) is 3.98. The van der Waals surface area contributed by atoms with Crippen molar-refractivity contribution in [3.05, 3.63) is 64.7 Å². The quantitative estimate of drug-likeness (QED) is 0.563. The average Bonchev–Trinajstić information content (AvgIpc) is 3.15. The molecular weight excluding hydrogens is 365 g/mol. The number of para-hydroxylation sites is 1. The molecule has 2 aromatic heterocycles. The van der Waals surface area contributed by atoms with Crippen LogP contribution in [0.4, 0.5) is 15.2 Å². The maximum atomic E-state index is 13.5. The third-order valence-electron chi connectivity index (χ3n) is 3.55. The molecule has 4 rings (SSSR count). The van der Waals surface area contributed by atoms with E-state index >= 15 is 0 Å². The van der Waals surface area contributed by atoms with Crippen LogP contribution in [0.25, 0.3) is 4.96 Å². The van der Waals surface area contributed by atoms with Crippen molar-refractivity contribution in [3.63, 3.8) is 0 Å². The number of fused-ring (bicyclic) bond motifs is 1. The van der Waals surface area contributed by atoms with Crippen LogP contribution in [0.2, 0.25) is 5.02 Å². The molecule has 0 aliphatic heterocycles. The van der Waals surface area contributed by atoms with E-state index in [1.54, 1.807) is 16.6 Å². The first-order valence-electron chi connectivity index (χ1n) is 7.30. The molecule has 0 fully saturated rings. The van der Waals surface area contributed by atoms with E-state index in [-0.39, 0.29) is 5.75 Å². The number of nitrogens with zero attached hydrogens (tertiary/aromatic N) is 4. The van der Waals surface area contributed by atoms with Crippen LogP contribution < -0.4 is 5.32 Å². The van der Waals surface area contributed by atoms with Crippen LogP contribution in [0, 0.1) is 5.82 Å². The Hall–Kier alpha value is -2.71. The Labute approximate surface area is 150 Å². The highest BCUT2D eigenvalue weighted by atomic mass is 35.5. The minimum absolute atomic E-state index is 0.341. The number of benzene rings is 2. The minimum atomic E-state index is -0.669. The van der Waals surface area contributed by atoms with Crippen LogP contribution >= 0.6 is 22.9 Å². The van der Waals surface area contributed by atoms with Gasteiger partial charge >= 0.3 is 0 Å². The van der Waals surface area contributed by atoms with Crippen LogP contribution in [0.1, 0.15) is 11.4 Å². The lowest BCUT2D eigenvalue weighted by Crippen LogP contribution is -1.99. The average molecular weight is 376 g/mol. The van der Waals surface area contributed by atoms with Gasteiger partial charge in [-0.3, -0.25) is 0 Å². The lowest BCUT2D eigenvalue weighted by molar-refractivity contribution is 0.432. The largest absolute Gasteiger partial charge is 0.505 e. The normalized spacial score (nSPS) is 11.1. The summed E-state index contributed by atoms with van der Waals surface area (Å²) in [4.78, 5) is 0.615. The summed E-state index contributed by atoms with van der Waals surface area (Å²) in [6.45, 7) is 0. The highest BCUT2D eigenvalue weighted by Gasteiger charge is 2.14. The van der Waals surface area contributed by atoms with E-state index in [4.69, 9.17) is 11.6 Å². The SMILES string of the molecule is Oc1ccc(Cc2nnc3sc(Nc4ccccc4Cl)nn23)cc1F. The van der Waals surface area contributed by atoms with E-state index in [2.05, 4.69) is 20.6 Å². The monoisotopic (exact) mass is 375 g/mol. The molecular formula is C16H11ClFN5OS. The third kappa shape index (κ3) is 3.13. The maximum absolute atomic E-state index is 13.5. The molecule has 6 nitrogen and oxygen atoms in total. The maximum Gasteiger partial charge on any atom is 0.236 e. The lowest BCUT2D eigenvalue weighted by Gasteiger charge is -2.03. The van der Waals surface area contributed by atoms with Crippen LogP contribution in [-0.4, -0.2) is 24.9 Å². The first-order valence-corrected chi connectivity index (χ1v) is 8.49. The first kappa shape index (κ1) is 15.8. The van der Waals surface area contributed by atoms with E-state index in [0.717, 1.165) is 5.69 Å². The number of aromatic hydroxyl groups is 1. The van der Waals surface area contributed by atoms with Gasteiger partial charge in [0, 0.05) is 6.42 Å². The van der Waals surface area contributed by atoms with E-state index in [0.29, 0.717) is 32.9 Å². The zero-order valence-corrected chi connectivity index (χ0v) is 14.2. The molecule has 0 atom stereocenters. The molecule has 2 aromatic carbocycles. The lowest BCUT2D eigenvalue weighted by atomic mass is 10.1. The van der Waals surface area contributed by atoms with E-state index in [1.165, 1.54) is 23.5 Å². The van der Waals surface area contributed by atoms with Gasteiger partial charge in [-0.25, -0.2) is 4.39 Å². The fourth-order valence-electron chi connectivity index (χ4n) is 2.34. The zero-order chi connectivity index (χ0) is 17.4. The molecule has 0 aliphatic rings. The Balaban J connectivity index is 1.62. The third-order valence-corrected chi connectivity index (χ3v) is 4.69. The van der Waals surface area contributed by atoms with Crippen molar-refractivity contribution in [2.24, 2.45) is 0 Å². The molecule has 0 unspecified atom stereocenters. The molecule has 0 saturated carbocycles. The van der Waals surface area contributed by atoms with E-state index < -0.39 is 5.82 Å². The van der Waals surface area contributed by atoms with E-state index in [1.807, 2.05) is 18.2 Å². The van der Waals surface area contributed by atoms with Crippen molar-refractivity contribution in [2.75, 3.05) is 5.32 Å². The molecule has 0 bridgehead atoms. The van der Waals surface area contributed by atoms with Gasteiger partial charge in [0.15, 0.2) is 17.4 Å². The number of hydrogen-bond acceptors (Lipinski definition) is 6. The van der Waals surface area contributed by atoms with Crippen LogP contribution in [-0.2, 0) is 6.42 Å². The van der Waals surface area contributed by atoms with Crippen molar-refractivity contribution in [1.29, 1.82) is 0 Å². The molecule has 0 aliphatic carbocycles. The predicted octanol–water partition coefficient (Wildman–Crippen LogP) is 4.02. The second-order valence-corrected chi connectivity index (χ2v) is 6.65. The standard InChI is InChI=1S/C16H11ClFN5OS/c17-10-3-1-2-4-12(10)19-15-22-23-14(20-21-16(23)25-15)8-9-5-6-13(24)11(18)7-9/h1-7,24H,8H2,(H,19,22). The molecule has 9 heteroatoms. The molecule has 2 N–H and O–H groups in total. The van der Waals surface area contributed by atoms with Crippen molar-refractivity contribution in [2.45, 2.75) is 6.42 Å². The Morgan fingerprint density at radius 3 is 2.84 bits per heavy atom. The molecule has 0 saturated heterocycles. The smallest absolute Gasteiger partial charge is 0.236 e. The summed E-state index contributed by atoms with van der Waals surface area (Å²) < 4.78 is 15.1. The number of phenols is 1. The van der Waals surface area contributed by atoms with Crippen molar-refractivity contribution < 1.29 is 9.50 Å². The molecule has 0 radical (unpaired) electrons. The van der Waals surface area contributed by atoms with Gasteiger partial charge in [-0.05, 0) is 29.8 Å². The van der Waals surface area contributed by atoms with Gasteiger partial charge in [0.2, 0.25) is 10.1 Å². The number of aromatic nitrogens is 4. The van der Waals surface area contributed by atoms with Gasteiger partial charge in [0.05, 0.1) is 10.7 Å². The summed E-state index contributed by atoms with van der Waals surface area (Å²) in [7, 11) is 0. The summed E-state index contributed by atoms with van der Waals surface area (Å²) >= 11 is 7.47. The van der Waals surface area contributed by atoms with Gasteiger partial charge < -0.3 is 10.4 Å². The number of nitrogens with one attached hydrogen (secondary N) is 1. The van der Waals surface area contributed by atoms with Crippen molar-refractivity contribution in [3.8, 4) is 5.75 Å². The van der Waals surface area contributed by atoms with E-state index in [9.17, 15) is 9.50 Å². The minimum Gasteiger partial charge on any atom is -0.505 e. The highest BCUT2D eigenvalue weighted by molar-refractivity contribution is 7.20. The molecule has 126 valence electrons. The first-order chi connectivity index (χ1) is 12.1. The summed E-state index contributed by atoms with van der Waals surface area (Å²) in [6.07, 6.45) is 0.341. The summed E-state index contributed by atoms with van der Waals surface area (Å²) in [5.41, 5.74) is 1.41. The fraction of sp³-hybridized carbons (Fsp3) is 0.0625. The number of rotatable bonds is 4. The molecule has 4 aromatic rings. The van der Waals surface area contributed by atoms with Crippen molar-refractivity contribution in [1.82, 2.24) is 19.8 Å². The zero-order valence-electron chi connectivity index (χ0n) is 12.6. The highest BCUT2D eigenvalue weighted by Crippen LogP contribution is 2.28. The van der Waals surface area contributed by atoms with Crippen LogP contribution in [0.5, 0.6) is 5.75 Å². The molecule has 0 spiro atoms.